The topological polar surface area (TPSA) is 60.9 Å². The van der Waals surface area contributed by atoms with Gasteiger partial charge < -0.3 is 10.0 Å². The molecule has 2 fully saturated rings. The molecule has 0 bridgehead atoms. The van der Waals surface area contributed by atoms with Crippen LogP contribution in [0.5, 0.6) is 0 Å². The predicted octanol–water partition coefficient (Wildman–Crippen LogP) is 1.93. The van der Waals surface area contributed by atoms with Crippen molar-refractivity contribution in [1.82, 2.24) is 9.80 Å². The van der Waals surface area contributed by atoms with E-state index in [0.29, 0.717) is 17.6 Å². The number of thioether (sulfide) groups is 1. The Kier molecular flexibility index (Phi) is 4.28. The van der Waals surface area contributed by atoms with Crippen LogP contribution < -0.4 is 0 Å². The number of carbonyl (C=O) groups is 2. The minimum atomic E-state index is -0.898. The number of carbonyl (C=O) groups excluding carboxylic acids is 1. The molecule has 0 aromatic rings. The maximum absolute atomic E-state index is 12.5. The SMILES string of the molecule is CCC1SCC(C(=O)O)N1C(=O)N(C)CC1CC1C. The van der Waals surface area contributed by atoms with E-state index < -0.39 is 12.0 Å². The first kappa shape index (κ1) is 14.5. The van der Waals surface area contributed by atoms with Crippen molar-refractivity contribution in [3.05, 3.63) is 0 Å². The number of amides is 2. The molecule has 2 amide bonds. The van der Waals surface area contributed by atoms with Gasteiger partial charge in [-0.25, -0.2) is 9.59 Å². The Bertz CT molecular complexity index is 377. The van der Waals surface area contributed by atoms with Gasteiger partial charge in [0.15, 0.2) is 0 Å². The lowest BCUT2D eigenvalue weighted by Crippen LogP contribution is -2.50. The fourth-order valence-electron chi connectivity index (χ4n) is 2.61. The van der Waals surface area contributed by atoms with Crippen molar-refractivity contribution in [3.8, 4) is 0 Å². The zero-order valence-corrected chi connectivity index (χ0v) is 12.5. The van der Waals surface area contributed by atoms with Gasteiger partial charge in [0.25, 0.3) is 0 Å². The number of hydrogen-bond donors (Lipinski definition) is 1. The third kappa shape index (κ3) is 2.99. The van der Waals surface area contributed by atoms with Crippen molar-refractivity contribution in [2.24, 2.45) is 11.8 Å². The number of rotatable bonds is 4. The van der Waals surface area contributed by atoms with Gasteiger partial charge in [0.1, 0.15) is 6.04 Å². The Hall–Kier alpha value is -0.910. The average molecular weight is 286 g/mol. The third-order valence-electron chi connectivity index (χ3n) is 4.06. The molecule has 4 atom stereocenters. The summed E-state index contributed by atoms with van der Waals surface area (Å²) < 4.78 is 0. The minimum absolute atomic E-state index is 0.00678. The first-order valence-electron chi connectivity index (χ1n) is 6.83. The molecule has 6 heteroatoms. The average Bonchev–Trinajstić information content (AvgIpc) is 2.91. The van der Waals surface area contributed by atoms with Crippen molar-refractivity contribution in [3.63, 3.8) is 0 Å². The van der Waals surface area contributed by atoms with Crippen LogP contribution in [-0.2, 0) is 4.79 Å². The van der Waals surface area contributed by atoms with Crippen molar-refractivity contribution in [2.45, 2.75) is 38.1 Å². The first-order valence-corrected chi connectivity index (χ1v) is 7.88. The van der Waals surface area contributed by atoms with E-state index in [9.17, 15) is 14.7 Å². The number of urea groups is 1. The summed E-state index contributed by atoms with van der Waals surface area (Å²) in [5.74, 6) is 0.880. The van der Waals surface area contributed by atoms with E-state index in [0.717, 1.165) is 13.0 Å². The summed E-state index contributed by atoms with van der Waals surface area (Å²) in [6, 6.07) is -0.815. The molecule has 0 radical (unpaired) electrons. The first-order chi connectivity index (χ1) is 8.95. The quantitative estimate of drug-likeness (QED) is 0.858. The molecular formula is C13H22N2O3S. The number of carboxylic acids is 1. The van der Waals surface area contributed by atoms with Crippen molar-refractivity contribution in [2.75, 3.05) is 19.3 Å². The summed E-state index contributed by atoms with van der Waals surface area (Å²) in [5.41, 5.74) is 0. The van der Waals surface area contributed by atoms with Crippen LogP contribution in [0.2, 0.25) is 0 Å². The molecule has 1 saturated heterocycles. The Morgan fingerprint density at radius 3 is 2.58 bits per heavy atom. The van der Waals surface area contributed by atoms with Crippen LogP contribution in [-0.4, -0.2) is 57.7 Å². The highest BCUT2D eigenvalue weighted by molar-refractivity contribution is 8.00. The molecule has 1 aliphatic carbocycles. The van der Waals surface area contributed by atoms with Gasteiger partial charge in [-0.1, -0.05) is 13.8 Å². The summed E-state index contributed by atoms with van der Waals surface area (Å²) in [5, 5.41) is 9.23. The number of carboxylic acid groups (broad SMARTS) is 1. The lowest BCUT2D eigenvalue weighted by Gasteiger charge is -2.31. The molecule has 108 valence electrons. The zero-order chi connectivity index (χ0) is 14.2. The van der Waals surface area contributed by atoms with E-state index in [1.54, 1.807) is 28.6 Å². The van der Waals surface area contributed by atoms with Crippen LogP contribution in [0.15, 0.2) is 0 Å². The van der Waals surface area contributed by atoms with Crippen LogP contribution in [0.3, 0.4) is 0 Å². The van der Waals surface area contributed by atoms with Gasteiger partial charge in [-0.2, -0.15) is 0 Å². The van der Waals surface area contributed by atoms with Crippen LogP contribution >= 0.6 is 11.8 Å². The molecule has 2 aliphatic rings. The fraction of sp³-hybridized carbons (Fsp3) is 0.846. The van der Waals surface area contributed by atoms with Gasteiger partial charge in [-0.15, -0.1) is 11.8 Å². The monoisotopic (exact) mass is 286 g/mol. The molecule has 5 nitrogen and oxygen atoms in total. The molecule has 19 heavy (non-hydrogen) atoms. The van der Waals surface area contributed by atoms with Crippen molar-refractivity contribution < 1.29 is 14.7 Å². The lowest BCUT2D eigenvalue weighted by atomic mass is 10.2. The van der Waals surface area contributed by atoms with Gasteiger partial charge in [0.05, 0.1) is 5.37 Å². The van der Waals surface area contributed by atoms with Crippen LogP contribution in [0.1, 0.15) is 26.7 Å². The highest BCUT2D eigenvalue weighted by Gasteiger charge is 2.43. The summed E-state index contributed by atoms with van der Waals surface area (Å²) in [7, 11) is 1.78. The standard InChI is InChI=1S/C13H22N2O3S/c1-4-11-15(10(7-19-11)12(16)17)13(18)14(3)6-9-5-8(9)2/h8-11H,4-7H2,1-3H3,(H,16,17). The second-order valence-corrected chi connectivity index (χ2v) is 6.80. The van der Waals surface area contributed by atoms with E-state index in [1.807, 2.05) is 6.92 Å². The Morgan fingerprint density at radius 2 is 2.11 bits per heavy atom. The summed E-state index contributed by atoms with van der Waals surface area (Å²) in [4.78, 5) is 27.0. The second-order valence-electron chi connectivity index (χ2n) is 5.59. The molecular weight excluding hydrogens is 264 g/mol. The second kappa shape index (κ2) is 5.61. The molecule has 0 aromatic heterocycles. The van der Waals surface area contributed by atoms with E-state index in [4.69, 9.17) is 0 Å². The molecule has 0 aromatic carbocycles. The Labute approximate surface area is 118 Å². The summed E-state index contributed by atoms with van der Waals surface area (Å²) >= 11 is 1.57. The van der Waals surface area contributed by atoms with Crippen molar-refractivity contribution >= 4 is 23.8 Å². The van der Waals surface area contributed by atoms with Crippen molar-refractivity contribution in [1.29, 1.82) is 0 Å². The number of aliphatic carboxylic acids is 1. The largest absolute Gasteiger partial charge is 0.480 e. The van der Waals surface area contributed by atoms with Crippen LogP contribution in [0.25, 0.3) is 0 Å². The van der Waals surface area contributed by atoms with Gasteiger partial charge in [0, 0.05) is 19.3 Å². The molecule has 2 rings (SSSR count). The van der Waals surface area contributed by atoms with E-state index in [-0.39, 0.29) is 11.4 Å². The third-order valence-corrected chi connectivity index (χ3v) is 5.51. The van der Waals surface area contributed by atoms with Crippen LogP contribution in [0, 0.1) is 11.8 Å². The zero-order valence-electron chi connectivity index (χ0n) is 11.7. The lowest BCUT2D eigenvalue weighted by molar-refractivity contribution is -0.141. The molecule has 1 saturated carbocycles. The van der Waals surface area contributed by atoms with E-state index >= 15 is 0 Å². The number of nitrogens with zero attached hydrogens (tertiary/aromatic N) is 2. The maximum atomic E-state index is 12.5. The normalized spacial score (nSPS) is 33.3. The van der Waals surface area contributed by atoms with Gasteiger partial charge in [-0.05, 0) is 24.7 Å². The molecule has 0 spiro atoms. The summed E-state index contributed by atoms with van der Waals surface area (Å²) in [6.07, 6.45) is 1.96. The fourth-order valence-corrected chi connectivity index (χ4v) is 3.95. The predicted molar refractivity (Wildman–Crippen MR) is 75.1 cm³/mol. The Balaban J connectivity index is 2.02. The highest BCUT2D eigenvalue weighted by Crippen LogP contribution is 2.39. The van der Waals surface area contributed by atoms with Gasteiger partial charge >= 0.3 is 12.0 Å². The molecule has 4 unspecified atom stereocenters. The molecule has 1 N–H and O–H groups in total. The smallest absolute Gasteiger partial charge is 0.327 e. The van der Waals surface area contributed by atoms with Gasteiger partial charge in [-0.3, -0.25) is 4.90 Å². The Morgan fingerprint density at radius 1 is 1.47 bits per heavy atom. The van der Waals surface area contributed by atoms with Gasteiger partial charge in [0.2, 0.25) is 0 Å². The minimum Gasteiger partial charge on any atom is -0.480 e. The molecule has 1 heterocycles. The van der Waals surface area contributed by atoms with Crippen LogP contribution in [0.4, 0.5) is 4.79 Å². The maximum Gasteiger partial charge on any atom is 0.327 e. The highest BCUT2D eigenvalue weighted by atomic mass is 32.2. The summed E-state index contributed by atoms with van der Waals surface area (Å²) in [6.45, 7) is 4.92. The van der Waals surface area contributed by atoms with E-state index in [2.05, 4.69) is 6.92 Å². The number of hydrogen-bond acceptors (Lipinski definition) is 3. The van der Waals surface area contributed by atoms with E-state index in [1.165, 1.54) is 6.42 Å². The molecule has 1 aliphatic heterocycles.